The first-order chi connectivity index (χ1) is 12.5. The predicted molar refractivity (Wildman–Crippen MR) is 97.8 cm³/mol. The third-order valence-corrected chi connectivity index (χ3v) is 3.84. The van der Waals surface area contributed by atoms with Gasteiger partial charge in [0.05, 0.1) is 7.11 Å². The Kier molecular flexibility index (Phi) is 4.84. The molecule has 6 heteroatoms. The average molecular weight is 353 g/mol. The molecule has 5 nitrogen and oxygen atoms in total. The van der Waals surface area contributed by atoms with Crippen LogP contribution in [-0.4, -0.2) is 13.0 Å². The second-order valence-electron chi connectivity index (χ2n) is 5.67. The summed E-state index contributed by atoms with van der Waals surface area (Å²) in [4.78, 5) is 23.5. The number of ether oxygens (including phenoxy) is 1. The quantitative estimate of drug-likeness (QED) is 0.570. The number of anilines is 1. The molecule has 0 fully saturated rings. The van der Waals surface area contributed by atoms with E-state index < -0.39 is 17.3 Å². The van der Waals surface area contributed by atoms with Gasteiger partial charge in [-0.25, -0.2) is 9.18 Å². The van der Waals surface area contributed by atoms with Crippen LogP contribution >= 0.6 is 0 Å². The van der Waals surface area contributed by atoms with Gasteiger partial charge in [0.25, 0.3) is 0 Å². The van der Waals surface area contributed by atoms with Gasteiger partial charge in [-0.2, -0.15) is 0 Å². The number of hydrogen-bond donors (Lipinski definition) is 1. The Morgan fingerprint density at radius 2 is 2.00 bits per heavy atom. The normalized spacial score (nSPS) is 11.0. The van der Waals surface area contributed by atoms with E-state index in [1.165, 1.54) is 37.5 Å². The minimum absolute atomic E-state index is 0.265. The highest BCUT2D eigenvalue weighted by Crippen LogP contribution is 2.21. The lowest BCUT2D eigenvalue weighted by molar-refractivity contribution is -0.111. The Labute approximate surface area is 148 Å². The summed E-state index contributed by atoms with van der Waals surface area (Å²) in [6, 6.07) is 10.8. The molecule has 0 aliphatic rings. The van der Waals surface area contributed by atoms with Crippen molar-refractivity contribution in [1.82, 2.24) is 0 Å². The number of fused-ring (bicyclic) bond motifs is 1. The lowest BCUT2D eigenvalue weighted by Crippen LogP contribution is -2.08. The van der Waals surface area contributed by atoms with Gasteiger partial charge in [0.1, 0.15) is 17.1 Å². The Hall–Kier alpha value is -3.41. The Morgan fingerprint density at radius 3 is 2.73 bits per heavy atom. The number of nitrogens with one attached hydrogen (secondary N) is 1. The summed E-state index contributed by atoms with van der Waals surface area (Å²) >= 11 is 0. The highest BCUT2D eigenvalue weighted by atomic mass is 19.1. The summed E-state index contributed by atoms with van der Waals surface area (Å²) in [5.74, 6) is -0.525. The lowest BCUT2D eigenvalue weighted by Gasteiger charge is -2.05. The molecule has 3 rings (SSSR count). The largest absolute Gasteiger partial charge is 0.497 e. The van der Waals surface area contributed by atoms with Crippen molar-refractivity contribution in [3.05, 3.63) is 75.9 Å². The molecule has 0 spiro atoms. The molecule has 26 heavy (non-hydrogen) atoms. The van der Waals surface area contributed by atoms with Gasteiger partial charge in [-0.15, -0.1) is 0 Å². The molecule has 1 heterocycles. The minimum atomic E-state index is -0.489. The number of halogens is 1. The van der Waals surface area contributed by atoms with Crippen molar-refractivity contribution in [1.29, 1.82) is 0 Å². The molecule has 3 aromatic rings. The maximum Gasteiger partial charge on any atom is 0.336 e. The van der Waals surface area contributed by atoms with Crippen molar-refractivity contribution in [2.75, 3.05) is 12.4 Å². The van der Waals surface area contributed by atoms with Crippen LogP contribution in [0.2, 0.25) is 0 Å². The summed E-state index contributed by atoms with van der Waals surface area (Å²) in [7, 11) is 1.45. The van der Waals surface area contributed by atoms with Crippen molar-refractivity contribution >= 4 is 28.6 Å². The van der Waals surface area contributed by atoms with Crippen LogP contribution in [0, 0.1) is 12.7 Å². The summed E-state index contributed by atoms with van der Waals surface area (Å²) in [5, 5.41) is 3.44. The maximum absolute atomic E-state index is 13.9. The van der Waals surface area contributed by atoms with Gasteiger partial charge in [0.2, 0.25) is 5.91 Å². The number of carbonyl (C=O) groups excluding carboxylic acids is 1. The molecule has 0 unspecified atom stereocenters. The van der Waals surface area contributed by atoms with E-state index >= 15 is 0 Å². The number of hydrogen-bond acceptors (Lipinski definition) is 4. The van der Waals surface area contributed by atoms with E-state index in [4.69, 9.17) is 9.15 Å². The molecule has 0 aliphatic heterocycles. The summed E-state index contributed by atoms with van der Waals surface area (Å²) in [6.45, 7) is 1.81. The van der Waals surface area contributed by atoms with E-state index in [0.717, 1.165) is 10.9 Å². The highest BCUT2D eigenvalue weighted by Gasteiger charge is 2.06. The third-order valence-electron chi connectivity index (χ3n) is 3.84. The fraction of sp³-hybridized carbons (Fsp3) is 0.100. The van der Waals surface area contributed by atoms with Crippen molar-refractivity contribution in [3.8, 4) is 5.75 Å². The zero-order valence-electron chi connectivity index (χ0n) is 14.2. The molecular weight excluding hydrogens is 337 g/mol. The van der Waals surface area contributed by atoms with Gasteiger partial charge in [0, 0.05) is 40.9 Å². The fourth-order valence-corrected chi connectivity index (χ4v) is 2.52. The lowest BCUT2D eigenvalue weighted by atomic mass is 10.1. The van der Waals surface area contributed by atoms with Gasteiger partial charge in [-0.1, -0.05) is 0 Å². The second-order valence-corrected chi connectivity index (χ2v) is 5.67. The Bertz CT molecular complexity index is 1070. The van der Waals surface area contributed by atoms with E-state index in [1.807, 2.05) is 6.92 Å². The van der Waals surface area contributed by atoms with Crippen molar-refractivity contribution < 1.29 is 18.3 Å². The molecule has 1 aromatic heterocycles. The smallest absolute Gasteiger partial charge is 0.336 e. The summed E-state index contributed by atoms with van der Waals surface area (Å²) < 4.78 is 23.9. The number of rotatable bonds is 4. The molecule has 0 bridgehead atoms. The maximum atomic E-state index is 13.9. The summed E-state index contributed by atoms with van der Waals surface area (Å²) in [6.07, 6.45) is 2.59. The number of benzene rings is 2. The number of carbonyl (C=O) groups is 1. The molecule has 1 N–H and O–H groups in total. The zero-order chi connectivity index (χ0) is 18.7. The van der Waals surface area contributed by atoms with Crippen LogP contribution in [0.1, 0.15) is 11.1 Å². The van der Waals surface area contributed by atoms with Crippen LogP contribution in [0.3, 0.4) is 0 Å². The monoisotopic (exact) mass is 353 g/mol. The van der Waals surface area contributed by atoms with Crippen LogP contribution in [0.4, 0.5) is 10.1 Å². The van der Waals surface area contributed by atoms with Gasteiger partial charge < -0.3 is 14.5 Å². The molecule has 1 amide bonds. The standard InChI is InChI=1S/C20H16FNO4/c1-12-9-20(24)26-18-10-14(5-7-16(12)18)22-19(23)8-4-13-3-6-15(25-2)11-17(13)21/h3-11H,1-2H3,(H,22,23)/b8-4+. The van der Waals surface area contributed by atoms with E-state index in [1.54, 1.807) is 24.3 Å². The topological polar surface area (TPSA) is 68.5 Å². The first-order valence-corrected chi connectivity index (χ1v) is 7.83. The molecule has 0 saturated heterocycles. The van der Waals surface area contributed by atoms with Crippen LogP contribution in [0.5, 0.6) is 5.75 Å². The van der Waals surface area contributed by atoms with E-state index in [9.17, 15) is 14.0 Å². The molecule has 2 aromatic carbocycles. The van der Waals surface area contributed by atoms with E-state index in [2.05, 4.69) is 5.32 Å². The molecule has 0 saturated carbocycles. The third kappa shape index (κ3) is 3.80. The van der Waals surface area contributed by atoms with Crippen molar-refractivity contribution in [2.24, 2.45) is 0 Å². The molecular formula is C20H16FNO4. The fourth-order valence-electron chi connectivity index (χ4n) is 2.52. The van der Waals surface area contributed by atoms with Crippen molar-refractivity contribution in [2.45, 2.75) is 6.92 Å². The van der Waals surface area contributed by atoms with Crippen LogP contribution in [0.15, 0.2) is 57.8 Å². The first kappa shape index (κ1) is 17.4. The van der Waals surface area contributed by atoms with Crippen LogP contribution < -0.4 is 15.7 Å². The minimum Gasteiger partial charge on any atom is -0.497 e. The predicted octanol–water partition coefficient (Wildman–Crippen LogP) is 3.90. The Balaban J connectivity index is 1.77. The molecule has 0 atom stereocenters. The molecule has 0 radical (unpaired) electrons. The van der Waals surface area contributed by atoms with Gasteiger partial charge in [-0.3, -0.25) is 4.79 Å². The van der Waals surface area contributed by atoms with E-state index in [0.29, 0.717) is 17.0 Å². The average Bonchev–Trinajstić information content (AvgIpc) is 2.60. The van der Waals surface area contributed by atoms with Gasteiger partial charge in [0.15, 0.2) is 0 Å². The molecule has 132 valence electrons. The highest BCUT2D eigenvalue weighted by molar-refractivity contribution is 6.02. The zero-order valence-corrected chi connectivity index (χ0v) is 14.2. The summed E-state index contributed by atoms with van der Waals surface area (Å²) in [5.41, 5.74) is 1.47. The molecule has 0 aliphatic carbocycles. The van der Waals surface area contributed by atoms with E-state index in [-0.39, 0.29) is 5.56 Å². The Morgan fingerprint density at radius 1 is 1.19 bits per heavy atom. The van der Waals surface area contributed by atoms with Crippen LogP contribution in [0.25, 0.3) is 17.0 Å². The SMILES string of the molecule is COc1ccc(/C=C/C(=O)Nc2ccc3c(C)cc(=O)oc3c2)c(F)c1. The van der Waals surface area contributed by atoms with Crippen molar-refractivity contribution in [3.63, 3.8) is 0 Å². The number of methoxy groups -OCH3 is 1. The number of aryl methyl sites for hydroxylation is 1. The first-order valence-electron chi connectivity index (χ1n) is 7.83. The second kappa shape index (κ2) is 7.23. The van der Waals surface area contributed by atoms with Crippen LogP contribution in [-0.2, 0) is 4.79 Å². The van der Waals surface area contributed by atoms with Gasteiger partial charge in [-0.05, 0) is 42.8 Å². The number of amides is 1. The van der Waals surface area contributed by atoms with Gasteiger partial charge >= 0.3 is 5.63 Å².